The number of hydrogen-bond donors (Lipinski definition) is 2. The summed E-state index contributed by atoms with van der Waals surface area (Å²) in [5, 5.41) is 3.61. The van der Waals surface area contributed by atoms with Gasteiger partial charge in [0.1, 0.15) is 5.54 Å². The van der Waals surface area contributed by atoms with Crippen molar-refractivity contribution in [3.63, 3.8) is 0 Å². The van der Waals surface area contributed by atoms with Gasteiger partial charge in [-0.1, -0.05) is 6.92 Å². The van der Waals surface area contributed by atoms with Crippen LogP contribution >= 0.6 is 0 Å². The van der Waals surface area contributed by atoms with Crippen LogP contribution in [0.1, 0.15) is 45.4 Å². The number of amides is 1. The fraction of sp³-hybridized carbons (Fsp3) is 0.933. The van der Waals surface area contributed by atoms with Crippen LogP contribution in [0.25, 0.3) is 0 Å². The molecule has 3 aliphatic carbocycles. The zero-order chi connectivity index (χ0) is 13.5. The molecular weight excluding hydrogens is 238 g/mol. The molecule has 108 valence electrons. The van der Waals surface area contributed by atoms with Crippen LogP contribution in [0.15, 0.2) is 0 Å². The fourth-order valence-corrected chi connectivity index (χ4v) is 3.13. The topological polar surface area (TPSA) is 58.4 Å². The molecule has 4 nitrogen and oxygen atoms in total. The molecule has 3 fully saturated rings. The molecule has 0 spiro atoms. The lowest BCUT2D eigenvalue weighted by molar-refractivity contribution is -0.126. The summed E-state index contributed by atoms with van der Waals surface area (Å²) in [6.45, 7) is 5.17. The van der Waals surface area contributed by atoms with Crippen LogP contribution in [0.4, 0.5) is 0 Å². The van der Waals surface area contributed by atoms with Crippen molar-refractivity contribution in [1.29, 1.82) is 0 Å². The average molecular weight is 265 g/mol. The maximum Gasteiger partial charge on any atom is 0.239 e. The molecule has 4 heteroatoms. The molecule has 19 heavy (non-hydrogen) atoms. The van der Waals surface area contributed by atoms with Gasteiger partial charge in [0, 0.05) is 19.1 Å². The van der Waals surface area contributed by atoms with E-state index >= 15 is 0 Å². The molecule has 1 amide bonds. The van der Waals surface area contributed by atoms with Crippen molar-refractivity contribution in [1.82, 2.24) is 10.2 Å². The quantitative estimate of drug-likeness (QED) is 0.656. The third-order valence-corrected chi connectivity index (χ3v) is 4.89. The molecule has 0 aromatic heterocycles. The summed E-state index contributed by atoms with van der Waals surface area (Å²) in [5.41, 5.74) is 5.36. The van der Waals surface area contributed by atoms with Crippen LogP contribution in [0.2, 0.25) is 0 Å². The molecule has 3 aliphatic rings. The molecular formula is C15H27N3O. The van der Waals surface area contributed by atoms with E-state index in [2.05, 4.69) is 17.1 Å². The Balaban J connectivity index is 1.69. The van der Waals surface area contributed by atoms with Crippen molar-refractivity contribution in [3.8, 4) is 0 Å². The molecule has 0 heterocycles. The van der Waals surface area contributed by atoms with E-state index in [-0.39, 0.29) is 5.91 Å². The third-order valence-electron chi connectivity index (χ3n) is 4.89. The first-order valence-corrected chi connectivity index (χ1v) is 7.94. The number of likely N-dealkylation sites (N-methyl/N-ethyl adjacent to an activating group) is 1. The Hall–Kier alpha value is -0.610. The molecule has 0 aliphatic heterocycles. The SMILES string of the molecule is CCN(CC1CC1)CC(NC1CC1)(C(N)=O)C1CC1. The molecule has 3 rings (SSSR count). The predicted molar refractivity (Wildman–Crippen MR) is 75.6 cm³/mol. The first kappa shape index (κ1) is 13.4. The molecule has 0 aromatic carbocycles. The number of rotatable bonds is 9. The lowest BCUT2D eigenvalue weighted by Gasteiger charge is -2.37. The van der Waals surface area contributed by atoms with Crippen LogP contribution in [0, 0.1) is 11.8 Å². The van der Waals surface area contributed by atoms with Gasteiger partial charge in [0.05, 0.1) is 0 Å². The first-order valence-electron chi connectivity index (χ1n) is 7.94. The summed E-state index contributed by atoms with van der Waals surface area (Å²) in [4.78, 5) is 14.6. The average Bonchev–Trinajstić information content (AvgIpc) is 3.24. The van der Waals surface area contributed by atoms with E-state index in [1.165, 1.54) is 25.7 Å². The van der Waals surface area contributed by atoms with E-state index in [4.69, 9.17) is 5.73 Å². The van der Waals surface area contributed by atoms with E-state index in [0.717, 1.165) is 38.4 Å². The zero-order valence-electron chi connectivity index (χ0n) is 12.0. The smallest absolute Gasteiger partial charge is 0.239 e. The summed E-state index contributed by atoms with van der Waals surface area (Å²) in [5.74, 6) is 1.21. The highest BCUT2D eigenvalue weighted by molar-refractivity contribution is 5.86. The van der Waals surface area contributed by atoms with Crippen LogP contribution < -0.4 is 11.1 Å². The number of nitrogens with zero attached hydrogens (tertiary/aromatic N) is 1. The second-order valence-electron chi connectivity index (χ2n) is 6.80. The number of hydrogen-bond acceptors (Lipinski definition) is 3. The highest BCUT2D eigenvalue weighted by atomic mass is 16.1. The maximum atomic E-state index is 12.2. The van der Waals surface area contributed by atoms with Gasteiger partial charge in [-0.3, -0.25) is 10.1 Å². The van der Waals surface area contributed by atoms with Crippen LogP contribution in [-0.4, -0.2) is 42.0 Å². The molecule has 3 saturated carbocycles. The Labute approximate surface area is 116 Å². The van der Waals surface area contributed by atoms with Crippen LogP contribution in [-0.2, 0) is 4.79 Å². The van der Waals surface area contributed by atoms with Crippen LogP contribution in [0.3, 0.4) is 0 Å². The van der Waals surface area contributed by atoms with E-state index in [1.807, 2.05) is 0 Å². The largest absolute Gasteiger partial charge is 0.368 e. The van der Waals surface area contributed by atoms with Crippen LogP contribution in [0.5, 0.6) is 0 Å². The standard InChI is InChI=1S/C15H27N3O/c1-2-18(9-11-3-4-11)10-15(14(16)19,12-5-6-12)17-13-7-8-13/h11-13,17H,2-10H2,1H3,(H2,16,19). The van der Waals surface area contributed by atoms with Gasteiger partial charge < -0.3 is 10.6 Å². The lowest BCUT2D eigenvalue weighted by Crippen LogP contribution is -2.64. The van der Waals surface area contributed by atoms with Crippen molar-refractivity contribution in [2.24, 2.45) is 17.6 Å². The van der Waals surface area contributed by atoms with Gasteiger partial charge in [-0.15, -0.1) is 0 Å². The van der Waals surface area contributed by atoms with Crippen molar-refractivity contribution in [3.05, 3.63) is 0 Å². The zero-order valence-corrected chi connectivity index (χ0v) is 12.0. The summed E-state index contributed by atoms with van der Waals surface area (Å²) in [6, 6.07) is 0.535. The van der Waals surface area contributed by atoms with E-state index in [0.29, 0.717) is 12.0 Å². The Kier molecular flexibility index (Phi) is 3.56. The number of primary amides is 1. The molecule has 0 bridgehead atoms. The molecule has 1 unspecified atom stereocenters. The number of nitrogens with two attached hydrogens (primary N) is 1. The van der Waals surface area contributed by atoms with E-state index in [9.17, 15) is 4.79 Å². The van der Waals surface area contributed by atoms with E-state index < -0.39 is 5.54 Å². The van der Waals surface area contributed by atoms with Crippen molar-refractivity contribution in [2.45, 2.75) is 57.0 Å². The molecule has 0 aromatic rings. The Bertz CT molecular complexity index is 347. The molecule has 3 N–H and O–H groups in total. The van der Waals surface area contributed by atoms with Gasteiger partial charge >= 0.3 is 0 Å². The van der Waals surface area contributed by atoms with E-state index in [1.54, 1.807) is 0 Å². The van der Waals surface area contributed by atoms with Gasteiger partial charge in [-0.25, -0.2) is 0 Å². The van der Waals surface area contributed by atoms with Crippen molar-refractivity contribution in [2.75, 3.05) is 19.6 Å². The minimum Gasteiger partial charge on any atom is -0.368 e. The summed E-state index contributed by atoms with van der Waals surface area (Å²) in [6.07, 6.45) is 7.44. The summed E-state index contributed by atoms with van der Waals surface area (Å²) < 4.78 is 0. The third kappa shape index (κ3) is 3.11. The van der Waals surface area contributed by atoms with Gasteiger partial charge in [-0.2, -0.15) is 0 Å². The Morgan fingerprint density at radius 1 is 1.26 bits per heavy atom. The van der Waals surface area contributed by atoms with Crippen molar-refractivity contribution >= 4 is 5.91 Å². The lowest BCUT2D eigenvalue weighted by atomic mass is 9.90. The summed E-state index contributed by atoms with van der Waals surface area (Å²) in [7, 11) is 0. The number of carbonyl (C=O) groups is 1. The van der Waals surface area contributed by atoms with Gasteiger partial charge in [-0.05, 0) is 56.9 Å². The summed E-state index contributed by atoms with van der Waals surface area (Å²) >= 11 is 0. The Morgan fingerprint density at radius 3 is 2.37 bits per heavy atom. The van der Waals surface area contributed by atoms with Gasteiger partial charge in [0.15, 0.2) is 0 Å². The second-order valence-corrected chi connectivity index (χ2v) is 6.80. The predicted octanol–water partition coefficient (Wildman–Crippen LogP) is 1.10. The number of carbonyl (C=O) groups excluding carboxylic acids is 1. The maximum absolute atomic E-state index is 12.2. The molecule has 0 saturated heterocycles. The van der Waals surface area contributed by atoms with Gasteiger partial charge in [0.25, 0.3) is 0 Å². The molecule has 0 radical (unpaired) electrons. The minimum atomic E-state index is -0.452. The Morgan fingerprint density at radius 2 is 1.95 bits per heavy atom. The fourth-order valence-electron chi connectivity index (χ4n) is 3.13. The molecule has 1 atom stereocenters. The minimum absolute atomic E-state index is 0.129. The second kappa shape index (κ2) is 5.06. The monoisotopic (exact) mass is 265 g/mol. The first-order chi connectivity index (χ1) is 9.14. The van der Waals surface area contributed by atoms with Crippen molar-refractivity contribution < 1.29 is 4.79 Å². The highest BCUT2D eigenvalue weighted by Gasteiger charge is 2.52. The highest BCUT2D eigenvalue weighted by Crippen LogP contribution is 2.42. The number of nitrogens with one attached hydrogen (secondary N) is 1. The van der Waals surface area contributed by atoms with Gasteiger partial charge in [0.2, 0.25) is 5.91 Å². The normalized spacial score (nSPS) is 26.4.